The van der Waals surface area contributed by atoms with Crippen molar-refractivity contribution in [2.45, 2.75) is 18.4 Å². The van der Waals surface area contributed by atoms with Crippen LogP contribution in [0.3, 0.4) is 0 Å². The van der Waals surface area contributed by atoms with Gasteiger partial charge in [-0.05, 0) is 46.4 Å². The molecule has 2 N–H and O–H groups in total. The Hall–Kier alpha value is -2.59. The first-order chi connectivity index (χ1) is 13.1. The summed E-state index contributed by atoms with van der Waals surface area (Å²) >= 11 is 3.48. The molecule has 0 saturated carbocycles. The Bertz CT molecular complexity index is 1100. The number of fused-ring (bicyclic) bond motifs is 4. The first kappa shape index (κ1) is 16.6. The summed E-state index contributed by atoms with van der Waals surface area (Å²) in [6, 6.07) is 18.6. The van der Waals surface area contributed by atoms with Gasteiger partial charge in [-0.2, -0.15) is 0 Å². The lowest BCUT2D eigenvalue weighted by atomic mass is 9.75. The molecule has 4 heteroatoms. The minimum absolute atomic E-state index is 0.0721. The Morgan fingerprint density at radius 1 is 1.07 bits per heavy atom. The molecule has 0 bridgehead atoms. The van der Waals surface area contributed by atoms with Gasteiger partial charge in [-0.1, -0.05) is 70.5 Å². The van der Waals surface area contributed by atoms with Gasteiger partial charge in [0.25, 0.3) is 0 Å². The van der Waals surface area contributed by atoms with E-state index in [2.05, 4.69) is 81.9 Å². The molecule has 0 spiro atoms. The molecule has 134 valence electrons. The number of rotatable bonds is 2. The van der Waals surface area contributed by atoms with Crippen LogP contribution < -0.4 is 5.32 Å². The highest BCUT2D eigenvalue weighted by molar-refractivity contribution is 9.10. The average molecular weight is 420 g/mol. The van der Waals surface area contributed by atoms with E-state index >= 15 is 0 Å². The molecular weight excluding hydrogens is 402 g/mol. The van der Waals surface area contributed by atoms with Crippen LogP contribution in [0.25, 0.3) is 10.8 Å². The molecule has 3 unspecified atom stereocenters. The van der Waals surface area contributed by atoms with E-state index in [-0.39, 0.29) is 12.0 Å². The molecule has 1 heterocycles. The van der Waals surface area contributed by atoms with Crippen LogP contribution in [0.2, 0.25) is 0 Å². The Balaban J connectivity index is 1.72. The molecule has 0 radical (unpaired) electrons. The molecular formula is C23H18BrNO2. The quantitative estimate of drug-likeness (QED) is 0.491. The normalized spacial score (nSPS) is 22.9. The number of anilines is 1. The second-order valence-corrected chi connectivity index (χ2v) is 8.18. The third-order valence-electron chi connectivity index (χ3n) is 5.82. The number of carboxylic acids is 1. The molecule has 0 fully saturated rings. The lowest BCUT2D eigenvalue weighted by Gasteiger charge is -2.38. The number of carboxylic acid groups (broad SMARTS) is 1. The van der Waals surface area contributed by atoms with Gasteiger partial charge in [-0.3, -0.25) is 0 Å². The van der Waals surface area contributed by atoms with Gasteiger partial charge in [0.2, 0.25) is 0 Å². The summed E-state index contributed by atoms with van der Waals surface area (Å²) < 4.78 is 0.808. The third kappa shape index (κ3) is 2.59. The van der Waals surface area contributed by atoms with E-state index in [9.17, 15) is 9.90 Å². The zero-order valence-corrected chi connectivity index (χ0v) is 16.1. The maximum atomic E-state index is 11.9. The van der Waals surface area contributed by atoms with E-state index in [1.807, 2.05) is 0 Å². The van der Waals surface area contributed by atoms with Crippen molar-refractivity contribution < 1.29 is 9.90 Å². The number of nitrogens with one attached hydrogen (secondary N) is 1. The Morgan fingerprint density at radius 3 is 2.74 bits per heavy atom. The van der Waals surface area contributed by atoms with Crippen LogP contribution in [-0.4, -0.2) is 11.1 Å². The number of carbonyl (C=O) groups is 1. The van der Waals surface area contributed by atoms with E-state index < -0.39 is 5.97 Å². The maximum Gasteiger partial charge on any atom is 0.337 e. The van der Waals surface area contributed by atoms with Crippen LogP contribution in [0.1, 0.15) is 39.9 Å². The van der Waals surface area contributed by atoms with Crippen LogP contribution in [0.5, 0.6) is 0 Å². The van der Waals surface area contributed by atoms with Crippen molar-refractivity contribution in [3.8, 4) is 0 Å². The summed E-state index contributed by atoms with van der Waals surface area (Å²) in [7, 11) is 0. The van der Waals surface area contributed by atoms with E-state index in [0.29, 0.717) is 11.5 Å². The van der Waals surface area contributed by atoms with Gasteiger partial charge in [-0.15, -0.1) is 0 Å². The number of hydrogen-bond donors (Lipinski definition) is 2. The summed E-state index contributed by atoms with van der Waals surface area (Å²) in [5.74, 6) is -0.308. The van der Waals surface area contributed by atoms with E-state index in [1.165, 1.54) is 16.3 Å². The van der Waals surface area contributed by atoms with Gasteiger partial charge < -0.3 is 10.4 Å². The predicted molar refractivity (Wildman–Crippen MR) is 111 cm³/mol. The van der Waals surface area contributed by atoms with Gasteiger partial charge in [0, 0.05) is 10.4 Å². The predicted octanol–water partition coefficient (Wildman–Crippen LogP) is 6.13. The molecule has 5 rings (SSSR count). The number of halogens is 1. The van der Waals surface area contributed by atoms with Crippen molar-refractivity contribution in [2.24, 2.45) is 5.92 Å². The minimum atomic E-state index is -0.905. The van der Waals surface area contributed by atoms with Crippen LogP contribution in [0.15, 0.2) is 71.2 Å². The summed E-state index contributed by atoms with van der Waals surface area (Å²) in [6.45, 7) is 0. The van der Waals surface area contributed by atoms with E-state index in [4.69, 9.17) is 0 Å². The van der Waals surface area contributed by atoms with Gasteiger partial charge >= 0.3 is 5.97 Å². The highest BCUT2D eigenvalue weighted by Gasteiger charge is 2.40. The fraction of sp³-hybridized carbons (Fsp3) is 0.174. The minimum Gasteiger partial charge on any atom is -0.478 e. The van der Waals surface area contributed by atoms with Gasteiger partial charge in [0.15, 0.2) is 0 Å². The fourth-order valence-electron chi connectivity index (χ4n) is 4.66. The molecule has 0 aromatic heterocycles. The van der Waals surface area contributed by atoms with Crippen LogP contribution in [-0.2, 0) is 0 Å². The number of allylic oxidation sites excluding steroid dienone is 2. The lowest BCUT2D eigenvalue weighted by Crippen LogP contribution is -2.30. The molecule has 1 aliphatic heterocycles. The Labute approximate surface area is 165 Å². The van der Waals surface area contributed by atoms with Crippen LogP contribution in [0.4, 0.5) is 5.69 Å². The zero-order chi connectivity index (χ0) is 18.5. The first-order valence-electron chi connectivity index (χ1n) is 9.11. The fourth-order valence-corrected chi connectivity index (χ4v) is 5.14. The van der Waals surface area contributed by atoms with Gasteiger partial charge in [0.1, 0.15) is 0 Å². The Kier molecular flexibility index (Phi) is 3.83. The highest BCUT2D eigenvalue weighted by Crippen LogP contribution is 2.52. The molecule has 0 amide bonds. The summed E-state index contributed by atoms with van der Waals surface area (Å²) in [4.78, 5) is 11.9. The second-order valence-electron chi connectivity index (χ2n) is 7.27. The molecule has 0 saturated heterocycles. The van der Waals surface area contributed by atoms with Crippen LogP contribution >= 0.6 is 15.9 Å². The first-order valence-corrected chi connectivity index (χ1v) is 9.90. The van der Waals surface area contributed by atoms with Crippen molar-refractivity contribution in [3.63, 3.8) is 0 Å². The maximum absolute atomic E-state index is 11.9. The SMILES string of the molecule is O=C(O)c1cc(Br)cc2c1NC(c1cccc3ccccc13)C1CC=CC21. The number of hydrogen-bond acceptors (Lipinski definition) is 2. The monoisotopic (exact) mass is 419 g/mol. The summed E-state index contributed by atoms with van der Waals surface area (Å²) in [6.07, 6.45) is 5.45. The van der Waals surface area contributed by atoms with Crippen molar-refractivity contribution >= 4 is 38.4 Å². The molecule has 3 aromatic rings. The molecule has 2 aliphatic rings. The zero-order valence-electron chi connectivity index (χ0n) is 14.5. The van der Waals surface area contributed by atoms with E-state index in [0.717, 1.165) is 22.1 Å². The number of benzene rings is 3. The van der Waals surface area contributed by atoms with Gasteiger partial charge in [0.05, 0.1) is 17.3 Å². The molecule has 3 aromatic carbocycles. The van der Waals surface area contributed by atoms with Crippen molar-refractivity contribution in [1.82, 2.24) is 0 Å². The largest absolute Gasteiger partial charge is 0.478 e. The standard InChI is InChI=1S/C23H18BrNO2/c24-14-11-19-16-8-4-10-18(16)21(25-22(19)20(12-14)23(26)27)17-9-3-6-13-5-1-2-7-15(13)17/h1-9,11-12,16,18,21,25H,10H2,(H,26,27). The highest BCUT2D eigenvalue weighted by atomic mass is 79.9. The second kappa shape index (κ2) is 6.24. The topological polar surface area (TPSA) is 49.3 Å². The van der Waals surface area contributed by atoms with E-state index in [1.54, 1.807) is 6.07 Å². The number of aromatic carboxylic acids is 1. The van der Waals surface area contributed by atoms with Crippen molar-refractivity contribution in [1.29, 1.82) is 0 Å². The molecule has 1 aliphatic carbocycles. The van der Waals surface area contributed by atoms with Crippen molar-refractivity contribution in [2.75, 3.05) is 5.32 Å². The van der Waals surface area contributed by atoms with Crippen LogP contribution in [0, 0.1) is 5.92 Å². The summed E-state index contributed by atoms with van der Waals surface area (Å²) in [5, 5.41) is 15.8. The Morgan fingerprint density at radius 2 is 1.89 bits per heavy atom. The molecule has 3 atom stereocenters. The third-order valence-corrected chi connectivity index (χ3v) is 6.28. The smallest absolute Gasteiger partial charge is 0.337 e. The molecule has 27 heavy (non-hydrogen) atoms. The lowest BCUT2D eigenvalue weighted by molar-refractivity contribution is 0.0697. The van der Waals surface area contributed by atoms with Crippen molar-refractivity contribution in [3.05, 3.63) is 87.9 Å². The summed E-state index contributed by atoms with van der Waals surface area (Å²) in [5.41, 5.74) is 3.37. The molecule has 3 nitrogen and oxygen atoms in total. The van der Waals surface area contributed by atoms with Gasteiger partial charge in [-0.25, -0.2) is 4.79 Å². The average Bonchev–Trinajstić information content (AvgIpc) is 3.16.